The third-order valence-corrected chi connectivity index (χ3v) is 6.25. The zero-order valence-corrected chi connectivity index (χ0v) is 17.1. The zero-order valence-electron chi connectivity index (χ0n) is 17.1. The first kappa shape index (κ1) is 19.7. The van der Waals surface area contributed by atoms with Crippen LogP contribution in [-0.2, 0) is 14.9 Å². The van der Waals surface area contributed by atoms with Crippen LogP contribution >= 0.6 is 0 Å². The van der Waals surface area contributed by atoms with Crippen molar-refractivity contribution in [2.75, 3.05) is 14.2 Å². The van der Waals surface area contributed by atoms with Gasteiger partial charge in [-0.05, 0) is 48.1 Å². The van der Waals surface area contributed by atoms with E-state index in [1.807, 2.05) is 11.9 Å². The van der Waals surface area contributed by atoms with E-state index in [2.05, 4.69) is 55.1 Å². The molecule has 2 saturated carbocycles. The minimum absolute atomic E-state index is 0.0299. The molecule has 2 aliphatic carbocycles. The van der Waals surface area contributed by atoms with Gasteiger partial charge in [-0.2, -0.15) is 0 Å². The van der Waals surface area contributed by atoms with Gasteiger partial charge in [-0.1, -0.05) is 45.0 Å². The smallest absolute Gasteiger partial charge is 0.407 e. The monoisotopic (exact) mass is 372 g/mol. The van der Waals surface area contributed by atoms with E-state index in [-0.39, 0.29) is 23.3 Å². The van der Waals surface area contributed by atoms with Gasteiger partial charge in [0.2, 0.25) is 5.91 Å². The molecule has 0 unspecified atom stereocenters. The lowest BCUT2D eigenvalue weighted by molar-refractivity contribution is -0.141. The standard InChI is InChI=1S/C22H32N2O3/c1-22(2,3)17-8-6-14(7-9-17)15-12-19(13-15)24(4)20(25)16-10-18(11-16)23-21(26)27-5/h6-9,15-16,18-19H,10-13H2,1-5H3,(H,23,26). The first-order chi connectivity index (χ1) is 12.7. The number of carbonyl (C=O) groups excluding carboxylic acids is 2. The normalized spacial score (nSPS) is 27.1. The summed E-state index contributed by atoms with van der Waals surface area (Å²) in [6.07, 6.45) is 3.07. The Morgan fingerprint density at radius 2 is 1.67 bits per heavy atom. The average Bonchev–Trinajstić information content (AvgIpc) is 2.55. The summed E-state index contributed by atoms with van der Waals surface area (Å²) in [7, 11) is 3.28. The van der Waals surface area contributed by atoms with E-state index >= 15 is 0 Å². The van der Waals surface area contributed by atoms with E-state index in [9.17, 15) is 9.59 Å². The van der Waals surface area contributed by atoms with Crippen LogP contribution in [0.4, 0.5) is 4.79 Å². The maximum absolute atomic E-state index is 12.6. The lowest BCUT2D eigenvalue weighted by Crippen LogP contribution is -2.53. The molecule has 5 nitrogen and oxygen atoms in total. The van der Waals surface area contributed by atoms with Crippen molar-refractivity contribution in [3.05, 3.63) is 35.4 Å². The number of methoxy groups -OCH3 is 1. The largest absolute Gasteiger partial charge is 0.453 e. The van der Waals surface area contributed by atoms with Crippen LogP contribution in [0.2, 0.25) is 0 Å². The first-order valence-corrected chi connectivity index (χ1v) is 9.90. The molecule has 27 heavy (non-hydrogen) atoms. The highest BCUT2D eigenvalue weighted by Crippen LogP contribution is 2.41. The fraction of sp³-hybridized carbons (Fsp3) is 0.636. The Bertz CT molecular complexity index is 681. The van der Waals surface area contributed by atoms with Gasteiger partial charge in [0.15, 0.2) is 0 Å². The van der Waals surface area contributed by atoms with Crippen molar-refractivity contribution < 1.29 is 14.3 Å². The summed E-state index contributed by atoms with van der Waals surface area (Å²) < 4.78 is 4.60. The van der Waals surface area contributed by atoms with Gasteiger partial charge >= 0.3 is 6.09 Å². The Kier molecular flexibility index (Phi) is 5.50. The number of hydrogen-bond donors (Lipinski definition) is 1. The van der Waals surface area contributed by atoms with Crippen LogP contribution in [0.25, 0.3) is 0 Å². The minimum atomic E-state index is -0.418. The molecule has 0 heterocycles. The van der Waals surface area contributed by atoms with E-state index in [1.165, 1.54) is 18.2 Å². The van der Waals surface area contributed by atoms with Gasteiger partial charge in [-0.25, -0.2) is 4.79 Å². The Hall–Kier alpha value is -2.04. The van der Waals surface area contributed by atoms with Gasteiger partial charge in [0.05, 0.1) is 7.11 Å². The van der Waals surface area contributed by atoms with Gasteiger partial charge in [0.1, 0.15) is 0 Å². The van der Waals surface area contributed by atoms with Crippen molar-refractivity contribution in [2.45, 2.75) is 69.9 Å². The Labute approximate surface area is 162 Å². The molecule has 148 valence electrons. The number of hydrogen-bond acceptors (Lipinski definition) is 3. The van der Waals surface area contributed by atoms with Crippen LogP contribution in [0, 0.1) is 5.92 Å². The number of ether oxygens (including phenoxy) is 1. The molecular weight excluding hydrogens is 340 g/mol. The summed E-state index contributed by atoms with van der Waals surface area (Å²) in [5.74, 6) is 0.793. The molecule has 1 N–H and O–H groups in total. The van der Waals surface area contributed by atoms with Gasteiger partial charge in [-0.3, -0.25) is 4.79 Å². The van der Waals surface area contributed by atoms with Crippen molar-refractivity contribution in [3.63, 3.8) is 0 Å². The summed E-state index contributed by atoms with van der Waals surface area (Å²) in [5.41, 5.74) is 2.91. The lowest BCUT2D eigenvalue weighted by atomic mass is 9.73. The molecule has 0 bridgehead atoms. The number of rotatable bonds is 4. The van der Waals surface area contributed by atoms with Crippen LogP contribution < -0.4 is 5.32 Å². The number of amides is 2. The van der Waals surface area contributed by atoms with E-state index in [0.29, 0.717) is 24.8 Å². The second-order valence-corrected chi connectivity index (χ2v) is 9.14. The van der Waals surface area contributed by atoms with Crippen LogP contribution in [0.3, 0.4) is 0 Å². The number of alkyl carbamates (subject to hydrolysis) is 1. The Morgan fingerprint density at radius 3 is 2.19 bits per heavy atom. The van der Waals surface area contributed by atoms with Crippen molar-refractivity contribution in [1.82, 2.24) is 10.2 Å². The van der Waals surface area contributed by atoms with Crippen molar-refractivity contribution in [2.24, 2.45) is 5.92 Å². The second-order valence-electron chi connectivity index (χ2n) is 9.14. The molecule has 0 aliphatic heterocycles. The third-order valence-electron chi connectivity index (χ3n) is 6.25. The summed E-state index contributed by atoms with van der Waals surface area (Å²) in [6.45, 7) is 6.69. The average molecular weight is 373 g/mol. The maximum atomic E-state index is 12.6. The van der Waals surface area contributed by atoms with Crippen LogP contribution in [0.15, 0.2) is 24.3 Å². The van der Waals surface area contributed by atoms with Gasteiger partial charge in [0, 0.05) is 25.0 Å². The first-order valence-electron chi connectivity index (χ1n) is 9.90. The molecule has 1 aromatic carbocycles. The number of nitrogens with zero attached hydrogens (tertiary/aromatic N) is 1. The molecular formula is C22H32N2O3. The van der Waals surface area contributed by atoms with Crippen molar-refractivity contribution in [3.8, 4) is 0 Å². The second kappa shape index (κ2) is 7.53. The fourth-order valence-corrected chi connectivity index (χ4v) is 4.06. The molecule has 5 heteroatoms. The van der Waals surface area contributed by atoms with Crippen molar-refractivity contribution >= 4 is 12.0 Å². The summed E-state index contributed by atoms with van der Waals surface area (Å²) >= 11 is 0. The highest BCUT2D eigenvalue weighted by Gasteiger charge is 2.41. The van der Waals surface area contributed by atoms with E-state index in [4.69, 9.17) is 0 Å². The van der Waals surface area contributed by atoms with Gasteiger partial charge in [-0.15, -0.1) is 0 Å². The van der Waals surface area contributed by atoms with E-state index in [1.54, 1.807) is 0 Å². The summed E-state index contributed by atoms with van der Waals surface area (Å²) in [6, 6.07) is 9.37. The van der Waals surface area contributed by atoms with E-state index < -0.39 is 6.09 Å². The molecule has 2 amide bonds. The highest BCUT2D eigenvalue weighted by atomic mass is 16.5. The van der Waals surface area contributed by atoms with Gasteiger partial charge in [0.25, 0.3) is 0 Å². The molecule has 2 fully saturated rings. The van der Waals surface area contributed by atoms with Crippen LogP contribution in [0.1, 0.15) is 63.5 Å². The SMILES string of the molecule is COC(=O)NC1CC(C(=O)N(C)C2CC(c3ccc(C(C)(C)C)cc3)C2)C1. The topological polar surface area (TPSA) is 58.6 Å². The predicted molar refractivity (Wildman–Crippen MR) is 106 cm³/mol. The van der Waals surface area contributed by atoms with Crippen LogP contribution in [0.5, 0.6) is 0 Å². The predicted octanol–water partition coefficient (Wildman–Crippen LogP) is 3.82. The number of carbonyl (C=O) groups is 2. The minimum Gasteiger partial charge on any atom is -0.453 e. The molecule has 0 radical (unpaired) electrons. The maximum Gasteiger partial charge on any atom is 0.407 e. The zero-order chi connectivity index (χ0) is 19.8. The molecule has 3 rings (SSSR count). The summed E-state index contributed by atoms with van der Waals surface area (Å²) in [4.78, 5) is 25.8. The number of benzene rings is 1. The molecule has 0 saturated heterocycles. The molecule has 0 atom stereocenters. The molecule has 2 aliphatic rings. The van der Waals surface area contributed by atoms with Crippen LogP contribution in [-0.4, -0.2) is 43.1 Å². The Balaban J connectivity index is 1.45. The molecule has 0 aromatic heterocycles. The quantitative estimate of drug-likeness (QED) is 0.874. The molecule has 0 spiro atoms. The highest BCUT2D eigenvalue weighted by molar-refractivity contribution is 5.80. The van der Waals surface area contributed by atoms with Gasteiger partial charge < -0.3 is 15.0 Å². The third kappa shape index (κ3) is 4.28. The number of nitrogens with one attached hydrogen (secondary N) is 1. The fourth-order valence-electron chi connectivity index (χ4n) is 4.06. The van der Waals surface area contributed by atoms with E-state index in [0.717, 1.165) is 12.8 Å². The lowest BCUT2D eigenvalue weighted by Gasteiger charge is -2.45. The summed E-state index contributed by atoms with van der Waals surface area (Å²) in [5, 5.41) is 2.76. The van der Waals surface area contributed by atoms with Crippen molar-refractivity contribution in [1.29, 1.82) is 0 Å². The molecule has 1 aromatic rings. The Morgan fingerprint density at radius 1 is 1.07 bits per heavy atom.